The Morgan fingerprint density at radius 2 is 1.66 bits per heavy atom. The number of nitrogens with zero attached hydrogens (tertiary/aromatic N) is 5. The van der Waals surface area contributed by atoms with Crippen LogP contribution in [0, 0.1) is 0 Å². The normalized spacial score (nSPS) is 13.3. The lowest BCUT2D eigenvalue weighted by atomic mass is 10.1. The van der Waals surface area contributed by atoms with Crippen molar-refractivity contribution in [2.45, 2.75) is 0 Å². The Balaban J connectivity index is 1.35. The number of fused-ring (bicyclic) bond motifs is 2. The van der Waals surface area contributed by atoms with E-state index in [1.807, 2.05) is 89.8 Å². The van der Waals surface area contributed by atoms with Crippen LogP contribution in [0.1, 0.15) is 5.56 Å². The maximum atomic E-state index is 13.3. The summed E-state index contributed by atoms with van der Waals surface area (Å²) >= 11 is 4.74. The van der Waals surface area contributed by atoms with Crippen molar-refractivity contribution in [3.8, 4) is 39.8 Å². The van der Waals surface area contributed by atoms with Crippen LogP contribution in [0.2, 0.25) is 0 Å². The summed E-state index contributed by atoms with van der Waals surface area (Å²) in [4.78, 5) is 18.5. The minimum absolute atomic E-state index is 0.221. The van der Waals surface area contributed by atoms with Crippen LogP contribution < -0.4 is 19.6 Å². The highest BCUT2D eigenvalue weighted by Gasteiger charge is 2.18. The number of para-hydroxylation sites is 1. The third kappa shape index (κ3) is 4.07. The van der Waals surface area contributed by atoms with E-state index < -0.39 is 0 Å². The molecule has 186 valence electrons. The Morgan fingerprint density at radius 1 is 0.895 bits per heavy atom. The SMILES string of the molecule is O=c1/c(=C/c2cn(-c3ccccc3)nc2-c2ccc3c(c2)OCCO3)sc2nc(-c3ccc(Br)cc3)nn12. The van der Waals surface area contributed by atoms with Crippen LogP contribution in [0.15, 0.2) is 88.3 Å². The van der Waals surface area contributed by atoms with Crippen molar-refractivity contribution in [1.82, 2.24) is 24.4 Å². The van der Waals surface area contributed by atoms with E-state index in [1.165, 1.54) is 15.9 Å². The van der Waals surface area contributed by atoms with E-state index in [0.29, 0.717) is 40.0 Å². The summed E-state index contributed by atoms with van der Waals surface area (Å²) < 4.78 is 16.1. The summed E-state index contributed by atoms with van der Waals surface area (Å²) in [5.74, 6) is 1.90. The standard InChI is InChI=1S/C28H18BrN5O3S/c29-20-9-6-17(7-10-20)26-30-28-34(32-26)27(35)24(38-28)15-19-16-33(21-4-2-1-3-5-21)31-25(19)18-8-11-22-23(14-18)37-13-12-36-22/h1-11,14-16H,12-13H2/b24-15-. The van der Waals surface area contributed by atoms with Gasteiger partial charge in [0.15, 0.2) is 17.3 Å². The van der Waals surface area contributed by atoms with Gasteiger partial charge >= 0.3 is 0 Å². The number of thiazole rings is 1. The number of aromatic nitrogens is 5. The van der Waals surface area contributed by atoms with Gasteiger partial charge in [-0.15, -0.1) is 5.10 Å². The molecule has 0 saturated carbocycles. The van der Waals surface area contributed by atoms with Crippen LogP contribution in [0.5, 0.6) is 11.5 Å². The second kappa shape index (κ2) is 9.23. The maximum Gasteiger partial charge on any atom is 0.291 e. The van der Waals surface area contributed by atoms with Crippen molar-refractivity contribution in [2.75, 3.05) is 13.2 Å². The van der Waals surface area contributed by atoms with Crippen LogP contribution in [0.25, 0.3) is 39.4 Å². The minimum atomic E-state index is -0.221. The van der Waals surface area contributed by atoms with E-state index in [4.69, 9.17) is 14.6 Å². The molecule has 10 heteroatoms. The molecule has 3 aromatic carbocycles. The second-order valence-corrected chi connectivity index (χ2v) is 10.5. The number of hydrogen-bond donors (Lipinski definition) is 0. The Labute approximate surface area is 228 Å². The molecule has 1 aliphatic heterocycles. The first-order valence-electron chi connectivity index (χ1n) is 11.8. The van der Waals surface area contributed by atoms with Crippen molar-refractivity contribution in [3.05, 3.63) is 104 Å². The quantitative estimate of drug-likeness (QED) is 0.298. The zero-order chi connectivity index (χ0) is 25.6. The number of hydrogen-bond acceptors (Lipinski definition) is 7. The van der Waals surface area contributed by atoms with Gasteiger partial charge in [0, 0.05) is 27.4 Å². The molecule has 0 amide bonds. The highest BCUT2D eigenvalue weighted by atomic mass is 79.9. The van der Waals surface area contributed by atoms with Crippen LogP contribution in [0.4, 0.5) is 0 Å². The molecular weight excluding hydrogens is 566 g/mol. The number of rotatable bonds is 4. The molecule has 0 spiro atoms. The van der Waals surface area contributed by atoms with Gasteiger partial charge in [0.1, 0.15) is 18.9 Å². The molecule has 0 bridgehead atoms. The van der Waals surface area contributed by atoms with Gasteiger partial charge in [-0.1, -0.05) is 57.6 Å². The van der Waals surface area contributed by atoms with Crippen LogP contribution in [-0.4, -0.2) is 37.6 Å². The van der Waals surface area contributed by atoms with Crippen molar-refractivity contribution in [2.24, 2.45) is 0 Å². The second-order valence-electron chi connectivity index (χ2n) is 8.62. The highest BCUT2D eigenvalue weighted by Crippen LogP contribution is 2.35. The van der Waals surface area contributed by atoms with Gasteiger partial charge in [0.25, 0.3) is 5.56 Å². The summed E-state index contributed by atoms with van der Waals surface area (Å²) in [5.41, 5.74) is 3.91. The average molecular weight is 584 g/mol. The predicted molar refractivity (Wildman–Crippen MR) is 149 cm³/mol. The molecule has 7 rings (SSSR count). The summed E-state index contributed by atoms with van der Waals surface area (Å²) in [6.07, 6.45) is 3.77. The molecule has 6 aromatic rings. The fraction of sp³-hybridized carbons (Fsp3) is 0.0714. The Morgan fingerprint density at radius 3 is 2.45 bits per heavy atom. The fourth-order valence-corrected chi connectivity index (χ4v) is 5.48. The Bertz CT molecular complexity index is 1910. The average Bonchev–Trinajstić information content (AvgIpc) is 3.64. The molecule has 0 unspecified atom stereocenters. The third-order valence-corrected chi connectivity index (χ3v) is 7.64. The molecule has 0 radical (unpaired) electrons. The molecule has 0 aliphatic carbocycles. The van der Waals surface area contributed by atoms with Crippen LogP contribution in [-0.2, 0) is 0 Å². The van der Waals surface area contributed by atoms with Crippen LogP contribution >= 0.6 is 27.3 Å². The maximum absolute atomic E-state index is 13.3. The van der Waals surface area contributed by atoms with Crippen molar-refractivity contribution in [1.29, 1.82) is 0 Å². The predicted octanol–water partition coefficient (Wildman–Crippen LogP) is 4.75. The highest BCUT2D eigenvalue weighted by molar-refractivity contribution is 9.10. The van der Waals surface area contributed by atoms with E-state index in [0.717, 1.165) is 32.5 Å². The number of halogens is 1. The molecule has 1 aliphatic rings. The molecule has 3 aromatic heterocycles. The van der Waals surface area contributed by atoms with Crippen molar-refractivity contribution in [3.63, 3.8) is 0 Å². The first kappa shape index (κ1) is 22.9. The Hall–Kier alpha value is -4.28. The molecule has 38 heavy (non-hydrogen) atoms. The lowest BCUT2D eigenvalue weighted by Crippen LogP contribution is -2.23. The van der Waals surface area contributed by atoms with Crippen LogP contribution in [0.3, 0.4) is 0 Å². The van der Waals surface area contributed by atoms with Gasteiger partial charge in [-0.3, -0.25) is 4.79 Å². The zero-order valence-electron chi connectivity index (χ0n) is 19.7. The summed E-state index contributed by atoms with van der Waals surface area (Å²) in [6.45, 7) is 1.02. The van der Waals surface area contributed by atoms with Gasteiger partial charge < -0.3 is 9.47 Å². The zero-order valence-corrected chi connectivity index (χ0v) is 22.1. The monoisotopic (exact) mass is 583 g/mol. The van der Waals surface area contributed by atoms with Crippen molar-refractivity contribution >= 4 is 38.3 Å². The molecular formula is C28H18BrN5O3S. The van der Waals surface area contributed by atoms with Crippen molar-refractivity contribution < 1.29 is 9.47 Å². The number of ether oxygens (including phenoxy) is 2. The van der Waals surface area contributed by atoms with Gasteiger partial charge in [-0.05, 0) is 48.5 Å². The lowest BCUT2D eigenvalue weighted by molar-refractivity contribution is 0.171. The smallest absolute Gasteiger partial charge is 0.291 e. The largest absolute Gasteiger partial charge is 0.486 e. The fourth-order valence-electron chi connectivity index (χ4n) is 4.32. The molecule has 0 saturated heterocycles. The molecule has 0 fully saturated rings. The first-order chi connectivity index (χ1) is 18.6. The summed E-state index contributed by atoms with van der Waals surface area (Å²) in [6, 6.07) is 23.3. The van der Waals surface area contributed by atoms with E-state index >= 15 is 0 Å². The third-order valence-electron chi connectivity index (χ3n) is 6.15. The van der Waals surface area contributed by atoms with Gasteiger partial charge in [0.05, 0.1) is 10.2 Å². The molecule has 4 heterocycles. The molecule has 8 nitrogen and oxygen atoms in total. The summed E-state index contributed by atoms with van der Waals surface area (Å²) in [5, 5.41) is 9.35. The molecule has 0 atom stereocenters. The number of benzene rings is 3. The van der Waals surface area contributed by atoms with Gasteiger partial charge in [-0.2, -0.15) is 14.6 Å². The minimum Gasteiger partial charge on any atom is -0.486 e. The van der Waals surface area contributed by atoms with Gasteiger partial charge in [-0.25, -0.2) is 4.68 Å². The Kier molecular flexibility index (Phi) is 5.56. The van der Waals surface area contributed by atoms with E-state index in [1.54, 1.807) is 0 Å². The lowest BCUT2D eigenvalue weighted by Gasteiger charge is -2.18. The van der Waals surface area contributed by atoms with E-state index in [-0.39, 0.29) is 5.56 Å². The topological polar surface area (TPSA) is 83.5 Å². The molecule has 0 N–H and O–H groups in total. The first-order valence-corrected chi connectivity index (χ1v) is 13.5. The summed E-state index contributed by atoms with van der Waals surface area (Å²) in [7, 11) is 0. The van der Waals surface area contributed by atoms with E-state index in [9.17, 15) is 4.79 Å². The van der Waals surface area contributed by atoms with E-state index in [2.05, 4.69) is 26.0 Å². The van der Waals surface area contributed by atoms with Gasteiger partial charge in [0.2, 0.25) is 4.96 Å².